The average Bonchev–Trinajstić information content (AvgIpc) is 3.14. The molecule has 2 aliphatic rings. The van der Waals surface area contributed by atoms with Gasteiger partial charge in [0, 0.05) is 26.1 Å². The zero-order chi connectivity index (χ0) is 16.4. The van der Waals surface area contributed by atoms with Crippen molar-refractivity contribution in [3.8, 4) is 0 Å². The Labute approximate surface area is 139 Å². The van der Waals surface area contributed by atoms with E-state index in [4.69, 9.17) is 4.74 Å². The quantitative estimate of drug-likeness (QED) is 0.894. The van der Waals surface area contributed by atoms with E-state index in [1.807, 2.05) is 6.92 Å². The van der Waals surface area contributed by atoms with E-state index in [9.17, 15) is 9.59 Å². The molecule has 8 heteroatoms. The number of anilines is 1. The van der Waals surface area contributed by atoms with Gasteiger partial charge in [0.2, 0.25) is 16.9 Å². The van der Waals surface area contributed by atoms with E-state index in [0.29, 0.717) is 17.8 Å². The van der Waals surface area contributed by atoms with Gasteiger partial charge in [-0.3, -0.25) is 14.5 Å². The highest BCUT2D eigenvalue weighted by molar-refractivity contribution is 7.15. The molecule has 2 amide bonds. The average molecular weight is 338 g/mol. The molecule has 23 heavy (non-hydrogen) atoms. The van der Waals surface area contributed by atoms with Crippen LogP contribution in [0, 0.1) is 12.8 Å². The molecule has 2 fully saturated rings. The summed E-state index contributed by atoms with van der Waals surface area (Å²) in [7, 11) is 1.73. The fourth-order valence-electron chi connectivity index (χ4n) is 3.23. The van der Waals surface area contributed by atoms with Gasteiger partial charge < -0.3 is 10.1 Å². The lowest BCUT2D eigenvalue weighted by atomic mass is 9.92. The van der Waals surface area contributed by atoms with Crippen LogP contribution in [0.4, 0.5) is 5.13 Å². The number of aryl methyl sites for hydroxylation is 1. The van der Waals surface area contributed by atoms with Crippen LogP contribution in [0.25, 0.3) is 0 Å². The Hall–Kier alpha value is -1.54. The molecule has 1 atom stereocenters. The van der Waals surface area contributed by atoms with Crippen LogP contribution in [0.2, 0.25) is 0 Å². The predicted molar refractivity (Wildman–Crippen MR) is 86.3 cm³/mol. The van der Waals surface area contributed by atoms with Gasteiger partial charge in [0.05, 0.1) is 12.0 Å². The van der Waals surface area contributed by atoms with Gasteiger partial charge in [-0.25, -0.2) is 0 Å². The molecule has 0 radical (unpaired) electrons. The standard InChI is InChI=1S/C15H22N4O3S/c1-9-17-18-15(23-9)19-8-10(7-13(19)20)14(21)16-11-3-5-12(22-2)6-4-11/h10-12H,3-8H2,1-2H3,(H,16,21). The molecule has 1 N–H and O–H groups in total. The molecule has 126 valence electrons. The van der Waals surface area contributed by atoms with Crippen molar-refractivity contribution in [1.29, 1.82) is 0 Å². The zero-order valence-electron chi connectivity index (χ0n) is 13.4. The Morgan fingerprint density at radius 1 is 1.30 bits per heavy atom. The maximum atomic E-state index is 12.4. The molecule has 0 spiro atoms. The first-order valence-corrected chi connectivity index (χ1v) is 8.82. The highest BCUT2D eigenvalue weighted by Gasteiger charge is 2.37. The largest absolute Gasteiger partial charge is 0.381 e. The number of nitrogens with one attached hydrogen (secondary N) is 1. The summed E-state index contributed by atoms with van der Waals surface area (Å²) in [6.45, 7) is 2.25. The Balaban J connectivity index is 1.54. The molecular formula is C15H22N4O3S. The molecule has 7 nitrogen and oxygen atoms in total. The second-order valence-corrected chi connectivity index (χ2v) is 7.39. The minimum absolute atomic E-state index is 0.0250. The van der Waals surface area contributed by atoms with Crippen molar-refractivity contribution in [2.75, 3.05) is 18.6 Å². The Kier molecular flexibility index (Phi) is 4.91. The molecule has 1 aliphatic carbocycles. The number of hydrogen-bond acceptors (Lipinski definition) is 6. The zero-order valence-corrected chi connectivity index (χ0v) is 14.3. The molecule has 1 saturated heterocycles. The molecule has 0 aromatic carbocycles. The molecule has 0 bridgehead atoms. The Bertz CT molecular complexity index is 583. The van der Waals surface area contributed by atoms with E-state index in [0.717, 1.165) is 30.7 Å². The first-order valence-electron chi connectivity index (χ1n) is 8.00. The van der Waals surface area contributed by atoms with Crippen LogP contribution in [0.1, 0.15) is 37.1 Å². The molecule has 2 heterocycles. The van der Waals surface area contributed by atoms with Gasteiger partial charge in [-0.2, -0.15) is 0 Å². The summed E-state index contributed by atoms with van der Waals surface area (Å²) in [6.07, 6.45) is 4.38. The van der Waals surface area contributed by atoms with Gasteiger partial charge >= 0.3 is 0 Å². The highest BCUT2D eigenvalue weighted by Crippen LogP contribution is 2.28. The van der Waals surface area contributed by atoms with Gasteiger partial charge in [0.1, 0.15) is 5.01 Å². The van der Waals surface area contributed by atoms with Gasteiger partial charge in [0.25, 0.3) is 0 Å². The summed E-state index contributed by atoms with van der Waals surface area (Å²) in [6, 6.07) is 0.196. The lowest BCUT2D eigenvalue weighted by Crippen LogP contribution is -2.42. The second-order valence-electron chi connectivity index (χ2n) is 6.23. The molecular weight excluding hydrogens is 316 g/mol. The molecule has 1 aromatic rings. The van der Waals surface area contributed by atoms with Crippen LogP contribution in [0.3, 0.4) is 0 Å². The minimum atomic E-state index is -0.299. The number of carbonyl (C=O) groups is 2. The number of aromatic nitrogens is 2. The summed E-state index contributed by atoms with van der Waals surface area (Å²) in [5.74, 6) is -0.376. The summed E-state index contributed by atoms with van der Waals surface area (Å²) in [5.41, 5.74) is 0. The van der Waals surface area contributed by atoms with E-state index in [2.05, 4.69) is 15.5 Å². The summed E-state index contributed by atoms with van der Waals surface area (Å²) >= 11 is 1.38. The summed E-state index contributed by atoms with van der Waals surface area (Å²) in [5, 5.41) is 12.4. The van der Waals surface area contributed by atoms with E-state index in [1.165, 1.54) is 11.3 Å². The van der Waals surface area contributed by atoms with E-state index in [-0.39, 0.29) is 30.2 Å². The SMILES string of the molecule is COC1CCC(NC(=O)C2CC(=O)N(c3nnc(C)s3)C2)CC1. The maximum absolute atomic E-state index is 12.4. The molecule has 1 aliphatic heterocycles. The number of rotatable bonds is 4. The highest BCUT2D eigenvalue weighted by atomic mass is 32.1. The molecule has 3 rings (SSSR count). The van der Waals surface area contributed by atoms with E-state index in [1.54, 1.807) is 12.0 Å². The third-order valence-corrected chi connectivity index (χ3v) is 5.46. The smallest absolute Gasteiger partial charge is 0.229 e. The van der Waals surface area contributed by atoms with Gasteiger partial charge in [-0.05, 0) is 32.6 Å². The Morgan fingerprint density at radius 2 is 2.04 bits per heavy atom. The first kappa shape index (κ1) is 16.3. The van der Waals surface area contributed by atoms with Crippen LogP contribution in [0.15, 0.2) is 0 Å². The van der Waals surface area contributed by atoms with Crippen LogP contribution in [0.5, 0.6) is 0 Å². The number of methoxy groups -OCH3 is 1. The van der Waals surface area contributed by atoms with E-state index < -0.39 is 0 Å². The summed E-state index contributed by atoms with van der Waals surface area (Å²) in [4.78, 5) is 26.2. The minimum Gasteiger partial charge on any atom is -0.381 e. The topological polar surface area (TPSA) is 84.4 Å². The van der Waals surface area contributed by atoms with Crippen LogP contribution in [-0.4, -0.2) is 47.8 Å². The fraction of sp³-hybridized carbons (Fsp3) is 0.733. The number of hydrogen-bond donors (Lipinski definition) is 1. The number of carbonyl (C=O) groups excluding carboxylic acids is 2. The summed E-state index contributed by atoms with van der Waals surface area (Å²) < 4.78 is 5.35. The van der Waals surface area contributed by atoms with Crippen molar-refractivity contribution in [3.05, 3.63) is 5.01 Å². The van der Waals surface area contributed by atoms with Crippen molar-refractivity contribution in [2.24, 2.45) is 5.92 Å². The third-order valence-electron chi connectivity index (χ3n) is 4.60. The van der Waals surface area contributed by atoms with Gasteiger partial charge in [0.15, 0.2) is 0 Å². The Morgan fingerprint density at radius 3 is 2.65 bits per heavy atom. The lowest BCUT2D eigenvalue weighted by molar-refractivity contribution is -0.127. The van der Waals surface area contributed by atoms with Crippen LogP contribution in [-0.2, 0) is 14.3 Å². The number of amides is 2. The lowest BCUT2D eigenvalue weighted by Gasteiger charge is -2.28. The van der Waals surface area contributed by atoms with Crippen molar-refractivity contribution < 1.29 is 14.3 Å². The van der Waals surface area contributed by atoms with Crippen molar-refractivity contribution >= 4 is 28.3 Å². The van der Waals surface area contributed by atoms with Crippen molar-refractivity contribution in [2.45, 2.75) is 51.2 Å². The predicted octanol–water partition coefficient (Wildman–Crippen LogP) is 1.27. The van der Waals surface area contributed by atoms with Crippen LogP contribution >= 0.6 is 11.3 Å². The normalized spacial score (nSPS) is 28.2. The van der Waals surface area contributed by atoms with Crippen molar-refractivity contribution in [1.82, 2.24) is 15.5 Å². The third kappa shape index (κ3) is 3.69. The fourth-order valence-corrected chi connectivity index (χ4v) is 3.94. The van der Waals surface area contributed by atoms with Gasteiger partial charge in [-0.1, -0.05) is 11.3 Å². The number of nitrogens with zero attached hydrogens (tertiary/aromatic N) is 3. The maximum Gasteiger partial charge on any atom is 0.229 e. The van der Waals surface area contributed by atoms with Crippen LogP contribution < -0.4 is 10.2 Å². The number of ether oxygens (including phenoxy) is 1. The molecule has 1 saturated carbocycles. The van der Waals surface area contributed by atoms with Crippen molar-refractivity contribution in [3.63, 3.8) is 0 Å². The van der Waals surface area contributed by atoms with E-state index >= 15 is 0 Å². The first-order chi connectivity index (χ1) is 11.1. The van der Waals surface area contributed by atoms with Gasteiger partial charge in [-0.15, -0.1) is 10.2 Å². The second kappa shape index (κ2) is 6.92. The molecule has 1 unspecified atom stereocenters. The molecule has 1 aromatic heterocycles. The monoisotopic (exact) mass is 338 g/mol.